The molecule has 1 aliphatic carbocycles. The van der Waals surface area contributed by atoms with E-state index in [0.717, 1.165) is 12.8 Å². The first kappa shape index (κ1) is 14.0. The summed E-state index contributed by atoms with van der Waals surface area (Å²) in [5, 5.41) is 3.45. The van der Waals surface area contributed by atoms with Crippen LogP contribution in [0.5, 0.6) is 0 Å². The Labute approximate surface area is 114 Å². The summed E-state index contributed by atoms with van der Waals surface area (Å²) in [6, 6.07) is 5.94. The van der Waals surface area contributed by atoms with Gasteiger partial charge < -0.3 is 5.73 Å². The van der Waals surface area contributed by atoms with Gasteiger partial charge in [0.05, 0.1) is 5.69 Å². The highest BCUT2D eigenvalue weighted by Crippen LogP contribution is 2.24. The maximum absolute atomic E-state index is 11.9. The van der Waals surface area contributed by atoms with Crippen molar-refractivity contribution in [3.05, 3.63) is 30.1 Å². The smallest absolute Gasteiger partial charge is 0.243 e. The topological polar surface area (TPSA) is 68.0 Å². The summed E-state index contributed by atoms with van der Waals surface area (Å²) in [4.78, 5) is 16.2. The second-order valence-electron chi connectivity index (χ2n) is 5.54. The van der Waals surface area contributed by atoms with Gasteiger partial charge in [0.2, 0.25) is 5.91 Å². The van der Waals surface area contributed by atoms with E-state index in [0.29, 0.717) is 11.7 Å². The van der Waals surface area contributed by atoms with Gasteiger partial charge in [-0.3, -0.25) is 15.1 Å². The highest BCUT2D eigenvalue weighted by Gasteiger charge is 2.36. The molecule has 1 saturated carbocycles. The zero-order valence-electron chi connectivity index (χ0n) is 11.6. The summed E-state index contributed by atoms with van der Waals surface area (Å²) < 4.78 is 0. The molecule has 1 atom stereocenters. The number of hydrogen-bond donors (Lipinski definition) is 2. The number of rotatable bonds is 4. The van der Waals surface area contributed by atoms with Gasteiger partial charge in [-0.2, -0.15) is 0 Å². The second-order valence-corrected chi connectivity index (χ2v) is 5.54. The molecule has 0 radical (unpaired) electrons. The van der Waals surface area contributed by atoms with Crippen LogP contribution in [-0.4, -0.2) is 16.9 Å². The average Bonchev–Trinajstić information content (AvgIpc) is 2.68. The quantitative estimate of drug-likeness (QED) is 0.816. The largest absolute Gasteiger partial charge is 0.368 e. The van der Waals surface area contributed by atoms with Crippen molar-refractivity contribution in [2.75, 3.05) is 0 Å². The number of primary amides is 1. The Morgan fingerprint density at radius 1 is 1.32 bits per heavy atom. The molecule has 104 valence electrons. The Morgan fingerprint density at radius 3 is 2.53 bits per heavy atom. The molecule has 0 spiro atoms. The van der Waals surface area contributed by atoms with Crippen molar-refractivity contribution in [1.29, 1.82) is 0 Å². The van der Waals surface area contributed by atoms with E-state index in [9.17, 15) is 4.79 Å². The third kappa shape index (κ3) is 3.32. The lowest BCUT2D eigenvalue weighted by Gasteiger charge is -2.31. The Bertz CT molecular complexity index is 413. The molecule has 0 aliphatic heterocycles. The molecule has 4 heteroatoms. The summed E-state index contributed by atoms with van der Waals surface area (Å²) in [7, 11) is 0. The van der Waals surface area contributed by atoms with Crippen molar-refractivity contribution in [3.8, 4) is 0 Å². The van der Waals surface area contributed by atoms with E-state index < -0.39 is 5.54 Å². The predicted molar refractivity (Wildman–Crippen MR) is 75.4 cm³/mol. The van der Waals surface area contributed by atoms with E-state index >= 15 is 0 Å². The van der Waals surface area contributed by atoms with Crippen LogP contribution in [0, 0.1) is 0 Å². The predicted octanol–water partition coefficient (Wildman–Crippen LogP) is 2.09. The number of amides is 1. The van der Waals surface area contributed by atoms with Crippen LogP contribution in [0.2, 0.25) is 0 Å². The molecule has 1 aromatic rings. The molecule has 1 aromatic heterocycles. The van der Waals surface area contributed by atoms with Gasteiger partial charge >= 0.3 is 0 Å². The number of carbonyl (C=O) groups excluding carboxylic acids is 1. The number of nitrogens with one attached hydrogen (secondary N) is 1. The minimum absolute atomic E-state index is 0.349. The van der Waals surface area contributed by atoms with Crippen LogP contribution in [0.4, 0.5) is 0 Å². The van der Waals surface area contributed by atoms with E-state index in [2.05, 4.69) is 10.3 Å². The third-order valence-electron chi connectivity index (χ3n) is 4.02. The zero-order valence-corrected chi connectivity index (χ0v) is 11.6. The maximum Gasteiger partial charge on any atom is 0.243 e. The molecule has 19 heavy (non-hydrogen) atoms. The molecule has 2 rings (SSSR count). The van der Waals surface area contributed by atoms with E-state index in [1.165, 1.54) is 25.7 Å². The van der Waals surface area contributed by atoms with Crippen LogP contribution in [0.3, 0.4) is 0 Å². The summed E-state index contributed by atoms with van der Waals surface area (Å²) in [6.45, 7) is 1.84. The SMILES string of the molecule is CC(NC1CCCCCC1)(C(N)=O)c1ccccn1. The number of carbonyl (C=O) groups is 1. The molecule has 1 aliphatic rings. The average molecular weight is 261 g/mol. The monoisotopic (exact) mass is 261 g/mol. The standard InChI is InChI=1S/C15H23N3O/c1-15(14(16)19,13-10-6-7-11-17-13)18-12-8-4-2-3-5-9-12/h6-7,10-12,18H,2-5,8-9H2,1H3,(H2,16,19). The molecule has 1 amide bonds. The van der Waals surface area contributed by atoms with E-state index in [1.54, 1.807) is 6.20 Å². The van der Waals surface area contributed by atoms with Crippen LogP contribution >= 0.6 is 0 Å². The molecular formula is C15H23N3O. The van der Waals surface area contributed by atoms with Gasteiger partial charge in [-0.25, -0.2) is 0 Å². The second kappa shape index (κ2) is 6.15. The van der Waals surface area contributed by atoms with Crippen molar-refractivity contribution >= 4 is 5.91 Å². The van der Waals surface area contributed by atoms with Crippen molar-refractivity contribution in [3.63, 3.8) is 0 Å². The van der Waals surface area contributed by atoms with Gasteiger partial charge in [0.25, 0.3) is 0 Å². The third-order valence-corrected chi connectivity index (χ3v) is 4.02. The molecule has 0 aromatic carbocycles. The fraction of sp³-hybridized carbons (Fsp3) is 0.600. The number of nitrogens with two attached hydrogens (primary N) is 1. The first-order valence-electron chi connectivity index (χ1n) is 7.12. The van der Waals surface area contributed by atoms with Gasteiger partial charge in [0, 0.05) is 12.2 Å². The van der Waals surface area contributed by atoms with Crippen LogP contribution in [0.15, 0.2) is 24.4 Å². The van der Waals surface area contributed by atoms with Crippen LogP contribution in [0.25, 0.3) is 0 Å². The highest BCUT2D eigenvalue weighted by atomic mass is 16.1. The van der Waals surface area contributed by atoms with Gasteiger partial charge in [-0.05, 0) is 31.9 Å². The van der Waals surface area contributed by atoms with Gasteiger partial charge in [0.1, 0.15) is 5.54 Å². The lowest BCUT2D eigenvalue weighted by Crippen LogP contribution is -2.54. The van der Waals surface area contributed by atoms with Crippen LogP contribution in [-0.2, 0) is 10.3 Å². The summed E-state index contributed by atoms with van der Waals surface area (Å²) in [5.41, 5.74) is 5.44. The molecule has 3 N–H and O–H groups in total. The molecule has 1 fully saturated rings. The number of hydrogen-bond acceptors (Lipinski definition) is 3. The Hall–Kier alpha value is -1.42. The summed E-state index contributed by atoms with van der Waals surface area (Å²) >= 11 is 0. The molecule has 0 bridgehead atoms. The van der Waals surface area contributed by atoms with Gasteiger partial charge in [0.15, 0.2) is 0 Å². The molecule has 1 unspecified atom stereocenters. The van der Waals surface area contributed by atoms with Gasteiger partial charge in [-0.15, -0.1) is 0 Å². The fourth-order valence-electron chi connectivity index (χ4n) is 2.76. The fourth-order valence-corrected chi connectivity index (χ4v) is 2.76. The van der Waals surface area contributed by atoms with Crippen LogP contribution in [0.1, 0.15) is 51.1 Å². The lowest BCUT2D eigenvalue weighted by molar-refractivity contribution is -0.124. The van der Waals surface area contributed by atoms with E-state index in [4.69, 9.17) is 5.73 Å². The minimum atomic E-state index is -0.879. The summed E-state index contributed by atoms with van der Waals surface area (Å²) in [6.07, 6.45) is 8.92. The Kier molecular flexibility index (Phi) is 4.53. The van der Waals surface area contributed by atoms with Crippen molar-refractivity contribution in [2.45, 2.75) is 57.0 Å². The van der Waals surface area contributed by atoms with Crippen LogP contribution < -0.4 is 11.1 Å². The molecule has 1 heterocycles. The number of nitrogens with zero attached hydrogens (tertiary/aromatic N) is 1. The lowest BCUT2D eigenvalue weighted by atomic mass is 9.93. The van der Waals surface area contributed by atoms with Crippen molar-refractivity contribution in [2.24, 2.45) is 5.73 Å². The maximum atomic E-state index is 11.9. The Balaban J connectivity index is 2.17. The molecule has 0 saturated heterocycles. The molecular weight excluding hydrogens is 238 g/mol. The van der Waals surface area contributed by atoms with Gasteiger partial charge in [-0.1, -0.05) is 31.7 Å². The Morgan fingerprint density at radius 2 is 2.00 bits per heavy atom. The highest BCUT2D eigenvalue weighted by molar-refractivity contribution is 5.85. The zero-order chi connectivity index (χ0) is 13.7. The summed E-state index contributed by atoms with van der Waals surface area (Å²) in [5.74, 6) is -0.365. The first-order chi connectivity index (χ1) is 9.13. The van der Waals surface area contributed by atoms with E-state index in [-0.39, 0.29) is 5.91 Å². The van der Waals surface area contributed by atoms with Crippen molar-refractivity contribution in [1.82, 2.24) is 10.3 Å². The number of aromatic nitrogens is 1. The van der Waals surface area contributed by atoms with E-state index in [1.807, 2.05) is 25.1 Å². The number of pyridine rings is 1. The normalized spacial score (nSPS) is 20.5. The van der Waals surface area contributed by atoms with Crippen molar-refractivity contribution < 1.29 is 4.79 Å². The minimum Gasteiger partial charge on any atom is -0.368 e. The first-order valence-corrected chi connectivity index (χ1v) is 7.12. The molecule has 4 nitrogen and oxygen atoms in total.